The zero-order valence-electron chi connectivity index (χ0n) is 21.8. The minimum absolute atomic E-state index is 0.0120. The van der Waals surface area contributed by atoms with E-state index in [0.717, 1.165) is 24.1 Å². The molecule has 0 saturated carbocycles. The van der Waals surface area contributed by atoms with Crippen LogP contribution in [0.1, 0.15) is 83.7 Å². The molecule has 0 aliphatic rings. The van der Waals surface area contributed by atoms with Crippen LogP contribution in [-0.2, 0) is 23.7 Å². The summed E-state index contributed by atoms with van der Waals surface area (Å²) >= 11 is 1.39. The summed E-state index contributed by atoms with van der Waals surface area (Å²) < 4.78 is 1.60. The SMILES string of the molecule is CCCC(Sc1nc(C)c(Cc2ccc(C(C)(C)C)cc2)c(=O)n1C)C(=O)NC(C)C(C)C. The van der Waals surface area contributed by atoms with Gasteiger partial charge in [0.2, 0.25) is 5.91 Å². The number of benzene rings is 1. The third-order valence-electron chi connectivity index (χ3n) is 6.21. The van der Waals surface area contributed by atoms with Crippen molar-refractivity contribution in [3.8, 4) is 0 Å². The molecule has 2 aromatic rings. The van der Waals surface area contributed by atoms with Crippen molar-refractivity contribution in [1.82, 2.24) is 14.9 Å². The lowest BCUT2D eigenvalue weighted by atomic mass is 9.86. The quantitative estimate of drug-likeness (QED) is 0.393. The molecule has 182 valence electrons. The smallest absolute Gasteiger partial charge is 0.257 e. The Labute approximate surface area is 203 Å². The Balaban J connectivity index is 2.27. The van der Waals surface area contributed by atoms with Crippen LogP contribution in [0.25, 0.3) is 0 Å². The summed E-state index contributed by atoms with van der Waals surface area (Å²) in [6, 6.07) is 8.57. The molecular formula is C27H41N3O2S. The largest absolute Gasteiger partial charge is 0.352 e. The highest BCUT2D eigenvalue weighted by molar-refractivity contribution is 8.00. The molecule has 0 radical (unpaired) electrons. The highest BCUT2D eigenvalue weighted by Crippen LogP contribution is 2.26. The Hall–Kier alpha value is -2.08. The lowest BCUT2D eigenvalue weighted by Crippen LogP contribution is -2.41. The molecule has 2 unspecified atom stereocenters. The second-order valence-electron chi connectivity index (χ2n) is 10.4. The topological polar surface area (TPSA) is 64.0 Å². The molecular weight excluding hydrogens is 430 g/mol. The summed E-state index contributed by atoms with van der Waals surface area (Å²) in [6.45, 7) is 16.7. The summed E-state index contributed by atoms with van der Waals surface area (Å²) in [4.78, 5) is 30.9. The zero-order valence-corrected chi connectivity index (χ0v) is 22.6. The van der Waals surface area contributed by atoms with Gasteiger partial charge in [0.15, 0.2) is 5.16 Å². The van der Waals surface area contributed by atoms with Gasteiger partial charge in [-0.1, -0.05) is 84.0 Å². The average Bonchev–Trinajstić information content (AvgIpc) is 2.74. The van der Waals surface area contributed by atoms with E-state index in [9.17, 15) is 9.59 Å². The first-order valence-corrected chi connectivity index (χ1v) is 12.9. The first kappa shape index (κ1) is 27.2. The normalized spacial score (nSPS) is 13.8. The number of thioether (sulfide) groups is 1. The molecule has 2 rings (SSSR count). The molecule has 5 nitrogen and oxygen atoms in total. The number of carbonyl (C=O) groups is 1. The lowest BCUT2D eigenvalue weighted by Gasteiger charge is -2.22. The first-order valence-electron chi connectivity index (χ1n) is 12.0. The predicted octanol–water partition coefficient (Wildman–Crippen LogP) is 5.40. The van der Waals surface area contributed by atoms with E-state index >= 15 is 0 Å². The minimum Gasteiger partial charge on any atom is -0.352 e. The second-order valence-corrected chi connectivity index (χ2v) is 11.6. The van der Waals surface area contributed by atoms with E-state index in [0.29, 0.717) is 23.1 Å². The molecule has 33 heavy (non-hydrogen) atoms. The van der Waals surface area contributed by atoms with Crippen LogP contribution in [0, 0.1) is 12.8 Å². The van der Waals surface area contributed by atoms with Gasteiger partial charge in [-0.15, -0.1) is 0 Å². The Morgan fingerprint density at radius 1 is 1.15 bits per heavy atom. The molecule has 0 aliphatic carbocycles. The molecule has 1 heterocycles. The van der Waals surface area contributed by atoms with E-state index in [1.54, 1.807) is 11.6 Å². The number of rotatable bonds is 9. The van der Waals surface area contributed by atoms with Crippen molar-refractivity contribution in [3.63, 3.8) is 0 Å². The third kappa shape index (κ3) is 7.20. The molecule has 1 N–H and O–H groups in total. The molecule has 0 fully saturated rings. The Morgan fingerprint density at radius 3 is 2.27 bits per heavy atom. The minimum atomic E-state index is -0.274. The van der Waals surface area contributed by atoms with Crippen molar-refractivity contribution in [1.29, 1.82) is 0 Å². The highest BCUT2D eigenvalue weighted by atomic mass is 32.2. The second kappa shape index (κ2) is 11.4. The van der Waals surface area contributed by atoms with Crippen molar-refractivity contribution < 1.29 is 4.79 Å². The van der Waals surface area contributed by atoms with E-state index in [2.05, 4.69) is 71.1 Å². The van der Waals surface area contributed by atoms with E-state index in [1.807, 2.05) is 13.8 Å². The number of hydrogen-bond acceptors (Lipinski definition) is 4. The molecule has 0 aliphatic heterocycles. The molecule has 1 amide bonds. The number of carbonyl (C=O) groups excluding carboxylic acids is 1. The number of hydrogen-bond donors (Lipinski definition) is 1. The lowest BCUT2D eigenvalue weighted by molar-refractivity contribution is -0.121. The Morgan fingerprint density at radius 2 is 1.76 bits per heavy atom. The van der Waals surface area contributed by atoms with Gasteiger partial charge in [-0.25, -0.2) is 4.98 Å². The van der Waals surface area contributed by atoms with Crippen LogP contribution in [0.15, 0.2) is 34.2 Å². The molecule has 0 saturated heterocycles. The Kier molecular flexibility index (Phi) is 9.36. The van der Waals surface area contributed by atoms with Gasteiger partial charge in [0.05, 0.1) is 5.25 Å². The number of amides is 1. The van der Waals surface area contributed by atoms with Crippen molar-refractivity contribution in [2.75, 3.05) is 0 Å². The van der Waals surface area contributed by atoms with Crippen LogP contribution in [-0.4, -0.2) is 26.8 Å². The number of nitrogens with one attached hydrogen (secondary N) is 1. The van der Waals surface area contributed by atoms with Crippen LogP contribution >= 0.6 is 11.8 Å². The number of aromatic nitrogens is 2. The van der Waals surface area contributed by atoms with Gasteiger partial charge < -0.3 is 5.32 Å². The molecule has 6 heteroatoms. The Bertz CT molecular complexity index is 1000. The third-order valence-corrected chi connectivity index (χ3v) is 7.52. The van der Waals surface area contributed by atoms with E-state index < -0.39 is 0 Å². The molecule has 1 aromatic heterocycles. The van der Waals surface area contributed by atoms with E-state index in [-0.39, 0.29) is 28.2 Å². The van der Waals surface area contributed by atoms with Gasteiger partial charge in [-0.3, -0.25) is 14.2 Å². The highest BCUT2D eigenvalue weighted by Gasteiger charge is 2.24. The van der Waals surface area contributed by atoms with Crippen LogP contribution in [0.5, 0.6) is 0 Å². The first-order chi connectivity index (χ1) is 15.3. The van der Waals surface area contributed by atoms with Gasteiger partial charge in [-0.05, 0) is 42.7 Å². The molecule has 1 aromatic carbocycles. The fraction of sp³-hybridized carbons (Fsp3) is 0.593. The van der Waals surface area contributed by atoms with E-state index in [4.69, 9.17) is 4.98 Å². The maximum atomic E-state index is 13.2. The monoisotopic (exact) mass is 471 g/mol. The number of nitrogens with zero attached hydrogens (tertiary/aromatic N) is 2. The van der Waals surface area contributed by atoms with Gasteiger partial charge in [0.1, 0.15) is 0 Å². The molecule has 0 bridgehead atoms. The molecule has 2 atom stereocenters. The zero-order chi connectivity index (χ0) is 24.9. The summed E-state index contributed by atoms with van der Waals surface area (Å²) in [7, 11) is 1.75. The van der Waals surface area contributed by atoms with Gasteiger partial charge in [-0.2, -0.15) is 0 Å². The van der Waals surface area contributed by atoms with Crippen molar-refractivity contribution in [2.45, 2.75) is 96.5 Å². The van der Waals surface area contributed by atoms with Crippen molar-refractivity contribution in [2.24, 2.45) is 13.0 Å². The summed E-state index contributed by atoms with van der Waals surface area (Å²) in [5, 5.41) is 3.44. The maximum absolute atomic E-state index is 13.2. The van der Waals surface area contributed by atoms with Crippen LogP contribution in [0.3, 0.4) is 0 Å². The van der Waals surface area contributed by atoms with Crippen molar-refractivity contribution >= 4 is 17.7 Å². The summed E-state index contributed by atoms with van der Waals surface area (Å²) in [5.74, 6) is 0.376. The standard InChI is InChI=1S/C27H41N3O2S/c1-10-11-23(24(31)28-18(4)17(2)3)33-26-29-19(5)22(25(32)30(26)9)16-20-12-14-21(15-13-20)27(6,7)8/h12-15,17-18,23H,10-11,16H2,1-9H3,(H,28,31). The van der Waals surface area contributed by atoms with Gasteiger partial charge >= 0.3 is 0 Å². The van der Waals surface area contributed by atoms with Gasteiger partial charge in [0.25, 0.3) is 5.56 Å². The summed E-state index contributed by atoms with van der Waals surface area (Å²) in [6.07, 6.45) is 2.17. The predicted molar refractivity (Wildman–Crippen MR) is 139 cm³/mol. The van der Waals surface area contributed by atoms with Crippen LogP contribution in [0.2, 0.25) is 0 Å². The van der Waals surface area contributed by atoms with Crippen molar-refractivity contribution in [3.05, 3.63) is 57.0 Å². The van der Waals surface area contributed by atoms with Gasteiger partial charge in [0, 0.05) is 30.8 Å². The van der Waals surface area contributed by atoms with Crippen LogP contribution < -0.4 is 10.9 Å². The average molecular weight is 472 g/mol. The summed E-state index contributed by atoms with van der Waals surface area (Å²) in [5.41, 5.74) is 3.85. The maximum Gasteiger partial charge on any atom is 0.257 e. The van der Waals surface area contributed by atoms with E-state index in [1.165, 1.54) is 17.3 Å². The van der Waals surface area contributed by atoms with Crippen LogP contribution in [0.4, 0.5) is 0 Å². The molecule has 0 spiro atoms. The number of aryl methyl sites for hydroxylation is 1. The fourth-order valence-electron chi connectivity index (χ4n) is 3.48. The fourth-order valence-corrected chi connectivity index (χ4v) is 4.70.